The molecule has 0 saturated carbocycles. The fourth-order valence-electron chi connectivity index (χ4n) is 3.78. The third-order valence-electron chi connectivity index (χ3n) is 5.52. The van der Waals surface area contributed by atoms with Crippen LogP contribution in [0.2, 0.25) is 5.02 Å². The van der Waals surface area contributed by atoms with E-state index in [2.05, 4.69) is 0 Å². The van der Waals surface area contributed by atoms with Crippen molar-refractivity contribution < 1.29 is 24.3 Å². The minimum atomic E-state index is -0.521. The fourth-order valence-corrected chi connectivity index (χ4v) is 3.90. The first kappa shape index (κ1) is 23.2. The summed E-state index contributed by atoms with van der Waals surface area (Å²) in [4.78, 5) is 26.3. The van der Waals surface area contributed by atoms with Gasteiger partial charge < -0.3 is 14.4 Å². The topological polar surface area (TPSA) is 88.1 Å². The lowest BCUT2D eigenvalue weighted by Gasteiger charge is -2.28. The summed E-state index contributed by atoms with van der Waals surface area (Å²) in [6, 6.07) is 14.9. The van der Waals surface area contributed by atoms with E-state index < -0.39 is 12.0 Å². The van der Waals surface area contributed by atoms with Gasteiger partial charge in [-0.1, -0.05) is 35.9 Å². The molecule has 0 spiro atoms. The summed E-state index contributed by atoms with van der Waals surface area (Å²) in [5, 5.41) is 9.60. The number of hydrogen-bond donors (Lipinski definition) is 2. The Bertz CT molecular complexity index is 867. The number of carbonyl (C=O) groups is 2. The molecule has 0 bridgehead atoms. The number of methoxy groups -OCH3 is 1. The summed E-state index contributed by atoms with van der Waals surface area (Å²) in [7, 11) is 1.54. The van der Waals surface area contributed by atoms with Gasteiger partial charge in [-0.15, -0.1) is 0 Å². The molecule has 1 fully saturated rings. The summed E-state index contributed by atoms with van der Waals surface area (Å²) in [6.45, 7) is 2.27. The molecule has 0 aliphatic carbocycles. The highest BCUT2D eigenvalue weighted by molar-refractivity contribution is 6.30. The maximum absolute atomic E-state index is 12.7. The largest absolute Gasteiger partial charge is 0.380 e. The summed E-state index contributed by atoms with van der Waals surface area (Å²) < 4.78 is 10.9. The number of hydroxylamine groups is 1. The molecular weight excluding hydrogens is 420 g/mol. The van der Waals surface area contributed by atoms with Gasteiger partial charge in [-0.3, -0.25) is 14.8 Å². The molecule has 1 saturated heterocycles. The van der Waals surface area contributed by atoms with Crippen molar-refractivity contribution in [1.82, 2.24) is 10.4 Å². The van der Waals surface area contributed by atoms with E-state index in [4.69, 9.17) is 26.3 Å². The lowest BCUT2D eigenvalue weighted by molar-refractivity contribution is -0.132. The first-order chi connectivity index (χ1) is 15.0. The predicted molar refractivity (Wildman–Crippen MR) is 116 cm³/mol. The Labute approximate surface area is 186 Å². The minimum absolute atomic E-state index is 0.000282. The summed E-state index contributed by atoms with van der Waals surface area (Å²) >= 11 is 6.00. The van der Waals surface area contributed by atoms with Crippen LogP contribution in [0.25, 0.3) is 0 Å². The number of carbonyl (C=O) groups excluding carboxylic acids is 2. The highest BCUT2D eigenvalue weighted by Crippen LogP contribution is 2.29. The number of rotatable bonds is 8. The van der Waals surface area contributed by atoms with Crippen molar-refractivity contribution in [2.24, 2.45) is 0 Å². The zero-order valence-electron chi connectivity index (χ0n) is 17.4. The Balaban J connectivity index is 1.83. The van der Waals surface area contributed by atoms with Crippen LogP contribution < -0.4 is 5.48 Å². The lowest BCUT2D eigenvalue weighted by Crippen LogP contribution is -2.40. The molecule has 3 rings (SSSR count). The average molecular weight is 447 g/mol. The molecule has 1 aliphatic rings. The Morgan fingerprint density at radius 2 is 1.77 bits per heavy atom. The average Bonchev–Trinajstić information content (AvgIpc) is 2.82. The molecular formula is C23H27ClN2O5. The Morgan fingerprint density at radius 3 is 2.35 bits per heavy atom. The summed E-state index contributed by atoms with van der Waals surface area (Å²) in [5.41, 5.74) is 4.25. The van der Waals surface area contributed by atoms with E-state index in [1.807, 2.05) is 36.4 Å². The Morgan fingerprint density at radius 1 is 1.13 bits per heavy atom. The van der Waals surface area contributed by atoms with Crippen molar-refractivity contribution in [3.8, 4) is 0 Å². The van der Waals surface area contributed by atoms with Crippen LogP contribution in [0, 0.1) is 0 Å². The first-order valence-electron chi connectivity index (χ1n) is 10.2. The third-order valence-corrected chi connectivity index (χ3v) is 5.77. The second kappa shape index (κ2) is 11.2. The Hall–Kier alpha value is -2.45. The maximum Gasteiger partial charge on any atom is 0.254 e. The Kier molecular flexibility index (Phi) is 8.43. The number of halogens is 1. The summed E-state index contributed by atoms with van der Waals surface area (Å²) in [6.07, 6.45) is 0.133. The van der Waals surface area contributed by atoms with E-state index in [1.165, 1.54) is 0 Å². The molecule has 2 N–H and O–H groups in total. The molecule has 2 aromatic rings. The molecule has 166 valence electrons. The molecule has 7 nitrogen and oxygen atoms in total. The smallest absolute Gasteiger partial charge is 0.254 e. The van der Waals surface area contributed by atoms with Crippen molar-refractivity contribution in [3.63, 3.8) is 0 Å². The molecule has 0 unspecified atom stereocenters. The van der Waals surface area contributed by atoms with Crippen molar-refractivity contribution in [2.45, 2.75) is 24.9 Å². The second-order valence-electron chi connectivity index (χ2n) is 7.48. The van der Waals surface area contributed by atoms with E-state index in [-0.39, 0.29) is 18.2 Å². The highest BCUT2D eigenvalue weighted by Gasteiger charge is 2.27. The molecule has 2 amide bonds. The van der Waals surface area contributed by atoms with Crippen molar-refractivity contribution >= 4 is 23.4 Å². The van der Waals surface area contributed by atoms with Crippen LogP contribution in [0.5, 0.6) is 0 Å². The third kappa shape index (κ3) is 6.27. The van der Waals surface area contributed by atoms with E-state index in [9.17, 15) is 9.59 Å². The van der Waals surface area contributed by atoms with Crippen LogP contribution in [-0.4, -0.2) is 61.4 Å². The van der Waals surface area contributed by atoms with Crippen LogP contribution >= 0.6 is 11.6 Å². The molecule has 2 atom stereocenters. The van der Waals surface area contributed by atoms with E-state index in [1.54, 1.807) is 29.6 Å². The van der Waals surface area contributed by atoms with Crippen LogP contribution in [0.3, 0.4) is 0 Å². The van der Waals surface area contributed by atoms with Gasteiger partial charge in [-0.2, -0.15) is 0 Å². The molecule has 1 heterocycles. The van der Waals surface area contributed by atoms with Crippen molar-refractivity contribution in [3.05, 3.63) is 70.2 Å². The van der Waals surface area contributed by atoms with Gasteiger partial charge in [-0.05, 0) is 41.8 Å². The minimum Gasteiger partial charge on any atom is -0.380 e. The second-order valence-corrected chi connectivity index (χ2v) is 7.91. The zero-order valence-corrected chi connectivity index (χ0v) is 18.2. The van der Waals surface area contributed by atoms with E-state index in [0.717, 1.165) is 11.1 Å². The number of benzene rings is 2. The molecule has 31 heavy (non-hydrogen) atoms. The number of hydrogen-bond acceptors (Lipinski definition) is 5. The van der Waals surface area contributed by atoms with E-state index in [0.29, 0.717) is 43.3 Å². The molecule has 8 heteroatoms. The van der Waals surface area contributed by atoms with Gasteiger partial charge >= 0.3 is 0 Å². The zero-order chi connectivity index (χ0) is 22.2. The van der Waals surface area contributed by atoms with Crippen LogP contribution in [0.4, 0.5) is 0 Å². The van der Waals surface area contributed by atoms with Gasteiger partial charge in [0.15, 0.2) is 0 Å². The quantitative estimate of drug-likeness (QED) is 0.480. The predicted octanol–water partition coefficient (Wildman–Crippen LogP) is 3.05. The van der Waals surface area contributed by atoms with Gasteiger partial charge in [0.1, 0.15) is 0 Å². The van der Waals surface area contributed by atoms with E-state index >= 15 is 0 Å². The first-order valence-corrected chi connectivity index (χ1v) is 10.6. The van der Waals surface area contributed by atoms with Gasteiger partial charge in [0.2, 0.25) is 5.91 Å². The normalized spacial score (nSPS) is 15.9. The van der Waals surface area contributed by atoms with Crippen LogP contribution in [-0.2, 0) is 20.7 Å². The lowest BCUT2D eigenvalue weighted by atomic mass is 9.85. The standard InChI is InChI=1S/C23H27ClN2O5/c1-30-21(15-22(27)25-29)20(14-16-2-8-19(24)9-3-16)17-4-6-18(7-5-17)23(28)26-10-12-31-13-11-26/h2-9,20-21,29H,10-15H2,1H3,(H,25,27)/t20-,21-/m1/s1. The van der Waals surface area contributed by atoms with Crippen molar-refractivity contribution in [2.75, 3.05) is 33.4 Å². The van der Waals surface area contributed by atoms with Crippen molar-refractivity contribution in [1.29, 1.82) is 0 Å². The maximum atomic E-state index is 12.7. The van der Waals surface area contributed by atoms with Gasteiger partial charge in [0, 0.05) is 36.7 Å². The molecule has 1 aliphatic heterocycles. The number of morpholine rings is 1. The fraction of sp³-hybridized carbons (Fsp3) is 0.391. The molecule has 0 aromatic heterocycles. The number of ether oxygens (including phenoxy) is 2. The van der Waals surface area contributed by atoms with Gasteiger partial charge in [0.05, 0.1) is 25.7 Å². The van der Waals surface area contributed by atoms with Gasteiger partial charge in [0.25, 0.3) is 5.91 Å². The molecule has 2 aromatic carbocycles. The monoisotopic (exact) mass is 446 g/mol. The van der Waals surface area contributed by atoms with Gasteiger partial charge in [-0.25, -0.2) is 5.48 Å². The number of nitrogens with one attached hydrogen (secondary N) is 1. The SMILES string of the molecule is CO[C@H](CC(=O)NO)[C@H](Cc1ccc(Cl)cc1)c1ccc(C(=O)N2CCOCC2)cc1. The number of amides is 2. The van der Waals surface area contributed by atoms with Crippen LogP contribution in [0.15, 0.2) is 48.5 Å². The molecule has 0 radical (unpaired) electrons. The highest BCUT2D eigenvalue weighted by atomic mass is 35.5. The summed E-state index contributed by atoms with van der Waals surface area (Å²) in [5.74, 6) is -0.713. The van der Waals surface area contributed by atoms with Crippen LogP contribution in [0.1, 0.15) is 33.8 Å². The number of nitrogens with zero attached hydrogens (tertiary/aromatic N) is 1.